The number of amides is 1. The highest BCUT2D eigenvalue weighted by Crippen LogP contribution is 2.14. The van der Waals surface area contributed by atoms with Crippen molar-refractivity contribution < 1.29 is 9.90 Å². The van der Waals surface area contributed by atoms with Crippen molar-refractivity contribution in [2.75, 3.05) is 6.54 Å². The first-order valence-corrected chi connectivity index (χ1v) is 11.2. The van der Waals surface area contributed by atoms with Crippen LogP contribution in [0.3, 0.4) is 0 Å². The molecule has 2 radical (unpaired) electrons. The molecule has 0 aromatic rings. The van der Waals surface area contributed by atoms with Crippen LogP contribution in [0.5, 0.6) is 0 Å². The summed E-state index contributed by atoms with van der Waals surface area (Å²) in [5.41, 5.74) is 7.62. The summed E-state index contributed by atoms with van der Waals surface area (Å²) in [6.45, 7) is 3.57. The molecule has 26 heavy (non-hydrogen) atoms. The molecule has 154 valence electrons. The molecule has 2 N–H and O–H groups in total. The Labute approximate surface area is 162 Å². The Hall–Kier alpha value is -0.610. The van der Waals surface area contributed by atoms with Gasteiger partial charge in [0, 0.05) is 6.42 Å². The standard InChI is InChI=1S/C22H44N2O2/c1-3-5-6-7-8-9-10-11-12-13-14-15-16-17-18-19-21(25)24-22(26,4-2)20-23/h26H,3-20H2,1-2H3,(H,24,25). The number of rotatable bonds is 19. The monoisotopic (exact) mass is 368 g/mol. The molecule has 0 aromatic carbocycles. The molecule has 4 nitrogen and oxygen atoms in total. The average molecular weight is 369 g/mol. The van der Waals surface area contributed by atoms with E-state index in [4.69, 9.17) is 5.73 Å². The van der Waals surface area contributed by atoms with Gasteiger partial charge in [-0.25, -0.2) is 0 Å². The van der Waals surface area contributed by atoms with Crippen LogP contribution in [0.1, 0.15) is 123 Å². The molecule has 0 aliphatic rings. The molecular weight excluding hydrogens is 324 g/mol. The number of unbranched alkanes of at least 4 members (excludes halogenated alkanes) is 14. The van der Waals surface area contributed by atoms with Crippen molar-refractivity contribution in [3.63, 3.8) is 0 Å². The Morgan fingerprint density at radius 2 is 1.15 bits per heavy atom. The number of hydrogen-bond donors (Lipinski definition) is 2. The Bertz CT molecular complexity index is 317. The molecule has 0 saturated carbocycles. The number of nitrogens with one attached hydrogen (secondary N) is 1. The molecule has 1 unspecified atom stereocenters. The molecule has 1 amide bonds. The smallest absolute Gasteiger partial charge is 0.222 e. The lowest BCUT2D eigenvalue weighted by Crippen LogP contribution is -2.51. The van der Waals surface area contributed by atoms with E-state index in [9.17, 15) is 9.90 Å². The van der Waals surface area contributed by atoms with Crippen LogP contribution < -0.4 is 11.1 Å². The highest BCUT2D eigenvalue weighted by Gasteiger charge is 2.25. The van der Waals surface area contributed by atoms with E-state index in [1.807, 2.05) is 0 Å². The second-order valence-electron chi connectivity index (χ2n) is 7.79. The third-order valence-electron chi connectivity index (χ3n) is 5.23. The van der Waals surface area contributed by atoms with E-state index in [0.29, 0.717) is 12.8 Å². The zero-order chi connectivity index (χ0) is 19.5. The van der Waals surface area contributed by atoms with Crippen molar-refractivity contribution >= 4 is 5.91 Å². The first-order chi connectivity index (χ1) is 12.6. The third-order valence-corrected chi connectivity index (χ3v) is 5.23. The molecule has 0 aliphatic carbocycles. The quantitative estimate of drug-likeness (QED) is 0.232. The molecule has 0 spiro atoms. The van der Waals surface area contributed by atoms with Crippen LogP contribution in [0.4, 0.5) is 0 Å². The summed E-state index contributed by atoms with van der Waals surface area (Å²) in [4.78, 5) is 11.7. The van der Waals surface area contributed by atoms with Gasteiger partial charge in [-0.15, -0.1) is 5.73 Å². The molecule has 0 aromatic heterocycles. The van der Waals surface area contributed by atoms with Crippen molar-refractivity contribution in [1.82, 2.24) is 11.1 Å². The Kier molecular flexibility index (Phi) is 17.4. The van der Waals surface area contributed by atoms with Gasteiger partial charge in [0.25, 0.3) is 0 Å². The first-order valence-electron chi connectivity index (χ1n) is 11.2. The van der Waals surface area contributed by atoms with Crippen molar-refractivity contribution in [2.45, 2.75) is 129 Å². The highest BCUT2D eigenvalue weighted by atomic mass is 16.3. The molecule has 1 atom stereocenters. The molecule has 0 aliphatic heterocycles. The minimum atomic E-state index is -1.45. The van der Waals surface area contributed by atoms with Gasteiger partial charge >= 0.3 is 0 Å². The van der Waals surface area contributed by atoms with Crippen LogP contribution in [-0.4, -0.2) is 23.3 Å². The van der Waals surface area contributed by atoms with Gasteiger partial charge in [0.05, 0.1) is 6.54 Å². The fourth-order valence-corrected chi connectivity index (χ4v) is 3.22. The van der Waals surface area contributed by atoms with Crippen molar-refractivity contribution in [3.8, 4) is 0 Å². The van der Waals surface area contributed by atoms with Crippen LogP contribution in [0.2, 0.25) is 0 Å². The molecule has 0 fully saturated rings. The second kappa shape index (κ2) is 17.8. The predicted octanol–water partition coefficient (Wildman–Crippen LogP) is 5.53. The number of carbonyl (C=O) groups excluding carboxylic acids is 1. The van der Waals surface area contributed by atoms with E-state index in [1.165, 1.54) is 83.5 Å². The average Bonchev–Trinajstić information content (AvgIpc) is 2.64. The van der Waals surface area contributed by atoms with E-state index in [1.54, 1.807) is 6.92 Å². The van der Waals surface area contributed by atoms with Crippen molar-refractivity contribution in [2.24, 2.45) is 0 Å². The summed E-state index contributed by atoms with van der Waals surface area (Å²) in [5.74, 6) is -0.168. The summed E-state index contributed by atoms with van der Waals surface area (Å²) in [5, 5.41) is 12.4. The maximum absolute atomic E-state index is 11.7. The Morgan fingerprint density at radius 1 is 0.769 bits per heavy atom. The van der Waals surface area contributed by atoms with E-state index in [0.717, 1.165) is 12.8 Å². The van der Waals surface area contributed by atoms with Gasteiger partial charge < -0.3 is 10.4 Å². The van der Waals surface area contributed by atoms with Crippen LogP contribution in [0, 0.1) is 0 Å². The third kappa shape index (κ3) is 15.6. The Balaban J connectivity index is 3.28. The van der Waals surface area contributed by atoms with E-state index >= 15 is 0 Å². The van der Waals surface area contributed by atoms with Gasteiger partial charge in [-0.1, -0.05) is 104 Å². The fourth-order valence-electron chi connectivity index (χ4n) is 3.22. The lowest BCUT2D eigenvalue weighted by atomic mass is 10.0. The number of hydrogen-bond acceptors (Lipinski definition) is 2. The van der Waals surface area contributed by atoms with Crippen LogP contribution in [-0.2, 0) is 4.79 Å². The van der Waals surface area contributed by atoms with Gasteiger partial charge in [-0.3, -0.25) is 4.79 Å². The zero-order valence-electron chi connectivity index (χ0n) is 17.5. The van der Waals surface area contributed by atoms with Crippen LogP contribution in [0.25, 0.3) is 0 Å². The number of aliphatic hydroxyl groups is 1. The minimum Gasteiger partial charge on any atom is -0.370 e. The second-order valence-corrected chi connectivity index (χ2v) is 7.79. The summed E-state index contributed by atoms with van der Waals surface area (Å²) in [6.07, 6.45) is 20.3. The fraction of sp³-hybridized carbons (Fsp3) is 0.955. The highest BCUT2D eigenvalue weighted by molar-refractivity contribution is 5.76. The lowest BCUT2D eigenvalue weighted by Gasteiger charge is -2.25. The molecule has 0 saturated heterocycles. The predicted molar refractivity (Wildman–Crippen MR) is 110 cm³/mol. The zero-order valence-corrected chi connectivity index (χ0v) is 17.5. The number of nitrogens with zero attached hydrogens (tertiary/aromatic N) is 1. The van der Waals surface area contributed by atoms with Crippen LogP contribution >= 0.6 is 0 Å². The van der Waals surface area contributed by atoms with E-state index in [-0.39, 0.29) is 5.91 Å². The van der Waals surface area contributed by atoms with Gasteiger partial charge in [0.1, 0.15) is 0 Å². The normalized spacial score (nSPS) is 13.5. The largest absolute Gasteiger partial charge is 0.370 e. The molecule has 0 heterocycles. The minimum absolute atomic E-state index is 0.168. The van der Waals surface area contributed by atoms with Gasteiger partial charge in [0.2, 0.25) is 5.91 Å². The summed E-state index contributed by atoms with van der Waals surface area (Å²) >= 11 is 0. The molecule has 0 rings (SSSR count). The molecular formula is C22H44N2O2. The summed E-state index contributed by atoms with van der Waals surface area (Å²) < 4.78 is 0. The van der Waals surface area contributed by atoms with Gasteiger partial charge in [-0.2, -0.15) is 0 Å². The van der Waals surface area contributed by atoms with Gasteiger partial charge in [0.15, 0.2) is 5.72 Å². The lowest BCUT2D eigenvalue weighted by molar-refractivity contribution is -0.128. The Morgan fingerprint density at radius 3 is 1.50 bits per heavy atom. The van der Waals surface area contributed by atoms with Crippen molar-refractivity contribution in [1.29, 1.82) is 0 Å². The summed E-state index contributed by atoms with van der Waals surface area (Å²) in [6, 6.07) is 0. The SMILES string of the molecule is CCCCCCCCCCCCCCCCCC(=O)NC(O)(CC)C[N]. The first kappa shape index (κ1) is 25.4. The van der Waals surface area contributed by atoms with E-state index in [2.05, 4.69) is 12.2 Å². The molecule has 4 heteroatoms. The van der Waals surface area contributed by atoms with Gasteiger partial charge in [-0.05, 0) is 12.8 Å². The van der Waals surface area contributed by atoms with Crippen LogP contribution in [0.15, 0.2) is 0 Å². The molecule has 0 bridgehead atoms. The van der Waals surface area contributed by atoms with Crippen molar-refractivity contribution in [3.05, 3.63) is 0 Å². The van der Waals surface area contributed by atoms with E-state index < -0.39 is 12.3 Å². The summed E-state index contributed by atoms with van der Waals surface area (Å²) in [7, 11) is 0. The topological polar surface area (TPSA) is 71.6 Å². The maximum Gasteiger partial charge on any atom is 0.222 e. The number of carbonyl (C=O) groups is 1. The maximum atomic E-state index is 11.7.